The van der Waals surface area contributed by atoms with Gasteiger partial charge in [-0.1, -0.05) is 12.1 Å². The van der Waals surface area contributed by atoms with Crippen LogP contribution in [0.15, 0.2) is 24.3 Å². The highest BCUT2D eigenvalue weighted by molar-refractivity contribution is 5.27. The van der Waals surface area contributed by atoms with Crippen molar-refractivity contribution < 1.29 is 4.74 Å². The molecule has 2 aliphatic rings. The first-order valence-electron chi connectivity index (χ1n) is 7.53. The van der Waals surface area contributed by atoms with Crippen molar-refractivity contribution in [2.24, 2.45) is 5.92 Å². The van der Waals surface area contributed by atoms with Crippen molar-refractivity contribution in [3.8, 4) is 5.75 Å². The molecule has 1 N–H and O–H groups in total. The second-order valence-corrected chi connectivity index (χ2v) is 5.68. The number of likely N-dealkylation sites (tertiary alicyclic amines) is 1. The average molecular weight is 260 g/mol. The summed E-state index contributed by atoms with van der Waals surface area (Å²) in [6.07, 6.45) is 2.75. The predicted molar refractivity (Wildman–Crippen MR) is 77.4 cm³/mol. The van der Waals surface area contributed by atoms with E-state index in [0.29, 0.717) is 0 Å². The fourth-order valence-corrected chi connectivity index (χ4v) is 3.45. The van der Waals surface area contributed by atoms with Gasteiger partial charge in [0.1, 0.15) is 5.75 Å². The van der Waals surface area contributed by atoms with Gasteiger partial charge >= 0.3 is 0 Å². The first kappa shape index (κ1) is 12.9. The van der Waals surface area contributed by atoms with Crippen LogP contribution in [0.2, 0.25) is 0 Å². The number of hydrogen-bond acceptors (Lipinski definition) is 3. The van der Waals surface area contributed by atoms with Crippen LogP contribution in [0.1, 0.15) is 25.3 Å². The van der Waals surface area contributed by atoms with Gasteiger partial charge in [0.15, 0.2) is 0 Å². The molecule has 19 heavy (non-hydrogen) atoms. The van der Waals surface area contributed by atoms with Crippen LogP contribution in [0.25, 0.3) is 0 Å². The quantitative estimate of drug-likeness (QED) is 0.899. The molecule has 3 rings (SSSR count). The SMILES string of the molecule is CCOc1ccc(CN2CCCC3CNCC32)cc1. The molecule has 0 amide bonds. The minimum Gasteiger partial charge on any atom is -0.494 e. The number of nitrogens with one attached hydrogen (secondary N) is 1. The lowest BCUT2D eigenvalue weighted by Gasteiger charge is -2.37. The summed E-state index contributed by atoms with van der Waals surface area (Å²) in [7, 11) is 0. The largest absolute Gasteiger partial charge is 0.494 e. The average Bonchev–Trinajstić information content (AvgIpc) is 2.91. The first-order chi connectivity index (χ1) is 9.36. The van der Waals surface area contributed by atoms with E-state index in [0.717, 1.165) is 30.9 Å². The smallest absolute Gasteiger partial charge is 0.119 e. The maximum absolute atomic E-state index is 5.50. The summed E-state index contributed by atoms with van der Waals surface area (Å²) in [6, 6.07) is 9.34. The Morgan fingerprint density at radius 3 is 2.89 bits per heavy atom. The van der Waals surface area contributed by atoms with Crippen LogP contribution in [0.3, 0.4) is 0 Å². The van der Waals surface area contributed by atoms with Crippen molar-refractivity contribution in [3.63, 3.8) is 0 Å². The van der Waals surface area contributed by atoms with E-state index in [9.17, 15) is 0 Å². The zero-order valence-electron chi connectivity index (χ0n) is 11.8. The third kappa shape index (κ3) is 2.93. The molecular weight excluding hydrogens is 236 g/mol. The number of piperidine rings is 1. The molecule has 0 saturated carbocycles. The van der Waals surface area contributed by atoms with Crippen molar-refractivity contribution in [2.45, 2.75) is 32.4 Å². The minimum atomic E-state index is 0.737. The lowest BCUT2D eigenvalue weighted by atomic mass is 9.91. The molecule has 2 heterocycles. The van der Waals surface area contributed by atoms with Gasteiger partial charge in [0.25, 0.3) is 0 Å². The molecule has 3 heteroatoms. The standard InChI is InChI=1S/C16H24N2O/c1-2-19-15-7-5-13(6-8-15)12-18-9-3-4-14-10-17-11-16(14)18/h5-8,14,16-17H,2-4,9-12H2,1H3. The third-order valence-corrected chi connectivity index (χ3v) is 4.41. The molecule has 2 fully saturated rings. The normalized spacial score (nSPS) is 27.2. The fraction of sp³-hybridized carbons (Fsp3) is 0.625. The molecule has 0 aromatic heterocycles. The predicted octanol–water partition coefficient (Wildman–Crippen LogP) is 2.27. The van der Waals surface area contributed by atoms with Gasteiger partial charge in [0.05, 0.1) is 6.61 Å². The van der Waals surface area contributed by atoms with Crippen LogP contribution in [-0.2, 0) is 6.54 Å². The van der Waals surface area contributed by atoms with Crippen LogP contribution in [0, 0.1) is 5.92 Å². The van der Waals surface area contributed by atoms with Gasteiger partial charge < -0.3 is 10.1 Å². The van der Waals surface area contributed by atoms with E-state index >= 15 is 0 Å². The van der Waals surface area contributed by atoms with Gasteiger partial charge in [-0.25, -0.2) is 0 Å². The van der Waals surface area contributed by atoms with E-state index in [4.69, 9.17) is 4.74 Å². The number of fused-ring (bicyclic) bond motifs is 1. The number of rotatable bonds is 4. The van der Waals surface area contributed by atoms with Crippen molar-refractivity contribution >= 4 is 0 Å². The van der Waals surface area contributed by atoms with E-state index in [-0.39, 0.29) is 0 Å². The van der Waals surface area contributed by atoms with E-state index < -0.39 is 0 Å². The molecule has 2 atom stereocenters. The zero-order valence-corrected chi connectivity index (χ0v) is 11.8. The molecule has 2 unspecified atom stereocenters. The highest BCUT2D eigenvalue weighted by Crippen LogP contribution is 2.27. The molecule has 1 aromatic carbocycles. The Kier molecular flexibility index (Phi) is 4.04. The van der Waals surface area contributed by atoms with Crippen LogP contribution in [0.5, 0.6) is 5.75 Å². The molecule has 3 nitrogen and oxygen atoms in total. The van der Waals surface area contributed by atoms with Crippen molar-refractivity contribution in [2.75, 3.05) is 26.2 Å². The Labute approximate surface area is 115 Å². The van der Waals surface area contributed by atoms with Crippen molar-refractivity contribution in [3.05, 3.63) is 29.8 Å². The van der Waals surface area contributed by atoms with Gasteiger partial charge in [-0.2, -0.15) is 0 Å². The Balaban J connectivity index is 1.63. The summed E-state index contributed by atoms with van der Waals surface area (Å²) in [6.45, 7) is 7.47. The minimum absolute atomic E-state index is 0.737. The lowest BCUT2D eigenvalue weighted by molar-refractivity contribution is 0.117. The van der Waals surface area contributed by atoms with E-state index in [1.54, 1.807) is 0 Å². The van der Waals surface area contributed by atoms with Gasteiger partial charge in [0.2, 0.25) is 0 Å². The Morgan fingerprint density at radius 1 is 1.26 bits per heavy atom. The molecule has 0 aliphatic carbocycles. The lowest BCUT2D eigenvalue weighted by Crippen LogP contribution is -2.44. The first-order valence-corrected chi connectivity index (χ1v) is 7.53. The van der Waals surface area contributed by atoms with Crippen molar-refractivity contribution in [1.29, 1.82) is 0 Å². The van der Waals surface area contributed by atoms with Crippen LogP contribution in [-0.4, -0.2) is 37.2 Å². The molecule has 0 bridgehead atoms. The van der Waals surface area contributed by atoms with Crippen LogP contribution >= 0.6 is 0 Å². The number of ether oxygens (including phenoxy) is 1. The molecular formula is C16H24N2O. The van der Waals surface area contributed by atoms with Crippen LogP contribution in [0.4, 0.5) is 0 Å². The molecule has 0 radical (unpaired) electrons. The van der Waals surface area contributed by atoms with E-state index in [2.05, 4.69) is 34.5 Å². The number of benzene rings is 1. The topological polar surface area (TPSA) is 24.5 Å². The monoisotopic (exact) mass is 260 g/mol. The summed E-state index contributed by atoms with van der Waals surface area (Å²) in [4.78, 5) is 2.66. The number of nitrogens with zero attached hydrogens (tertiary/aromatic N) is 1. The fourth-order valence-electron chi connectivity index (χ4n) is 3.45. The van der Waals surface area contributed by atoms with Crippen LogP contribution < -0.4 is 10.1 Å². The number of hydrogen-bond donors (Lipinski definition) is 1. The Bertz CT molecular complexity index is 404. The second kappa shape index (κ2) is 5.93. The molecule has 1 aromatic rings. The Morgan fingerprint density at radius 2 is 2.11 bits per heavy atom. The second-order valence-electron chi connectivity index (χ2n) is 5.68. The highest BCUT2D eigenvalue weighted by atomic mass is 16.5. The van der Waals surface area contributed by atoms with Gasteiger partial charge in [-0.15, -0.1) is 0 Å². The molecule has 104 valence electrons. The summed E-state index contributed by atoms with van der Waals surface area (Å²) in [5.41, 5.74) is 1.40. The maximum Gasteiger partial charge on any atom is 0.119 e. The van der Waals surface area contributed by atoms with E-state index in [1.165, 1.54) is 38.0 Å². The zero-order chi connectivity index (χ0) is 13.1. The molecule has 2 aliphatic heterocycles. The summed E-state index contributed by atoms with van der Waals surface area (Å²) in [5, 5.41) is 3.54. The van der Waals surface area contributed by atoms with E-state index in [1.807, 2.05) is 6.92 Å². The third-order valence-electron chi connectivity index (χ3n) is 4.41. The maximum atomic E-state index is 5.50. The molecule has 0 spiro atoms. The molecule has 2 saturated heterocycles. The van der Waals surface area contributed by atoms with Gasteiger partial charge in [-0.3, -0.25) is 4.90 Å². The summed E-state index contributed by atoms with van der Waals surface area (Å²) < 4.78 is 5.50. The van der Waals surface area contributed by atoms with Crippen molar-refractivity contribution in [1.82, 2.24) is 10.2 Å². The summed E-state index contributed by atoms with van der Waals surface area (Å²) in [5.74, 6) is 1.85. The van der Waals surface area contributed by atoms with Gasteiger partial charge in [0, 0.05) is 19.1 Å². The highest BCUT2D eigenvalue weighted by Gasteiger charge is 2.34. The summed E-state index contributed by atoms with van der Waals surface area (Å²) >= 11 is 0. The Hall–Kier alpha value is -1.06. The van der Waals surface area contributed by atoms with Gasteiger partial charge in [-0.05, 0) is 56.5 Å².